The molecular weight excluding hydrogens is 239 g/mol. The molecule has 0 amide bonds. The second-order valence-electron chi connectivity index (χ2n) is 5.66. The summed E-state index contributed by atoms with van der Waals surface area (Å²) in [7, 11) is 2.54. The van der Waals surface area contributed by atoms with Crippen LogP contribution in [0.2, 0.25) is 0 Å². The average molecular weight is 274 g/mol. The summed E-state index contributed by atoms with van der Waals surface area (Å²) < 4.78 is 5.28. The van der Waals surface area contributed by atoms with Gasteiger partial charge in [-0.25, -0.2) is 0 Å². The molecule has 0 fully saturated rings. The molecule has 0 spiro atoms. The van der Waals surface area contributed by atoms with Gasteiger partial charge in [0.25, 0.3) is 0 Å². The third kappa shape index (κ3) is 8.48. The van der Waals surface area contributed by atoms with Gasteiger partial charge in [0.1, 0.15) is 0 Å². The summed E-state index contributed by atoms with van der Waals surface area (Å²) in [6.45, 7) is 6.96. The molecule has 2 heteroatoms. The largest absolute Gasteiger partial charge is 0.366 e. The molecule has 18 heavy (non-hydrogen) atoms. The van der Waals surface area contributed by atoms with Gasteiger partial charge in [0, 0.05) is 15.9 Å². The average Bonchev–Trinajstić information content (AvgIpc) is 2.40. The molecule has 0 aromatic rings. The van der Waals surface area contributed by atoms with E-state index in [0.29, 0.717) is 14.2 Å². The summed E-state index contributed by atoms with van der Waals surface area (Å²) in [5.74, 6) is 0. The fourth-order valence-electron chi connectivity index (χ4n) is 2.82. The molecule has 0 radical (unpaired) electrons. The third-order valence-electron chi connectivity index (χ3n) is 4.08. The lowest BCUT2D eigenvalue weighted by Gasteiger charge is -2.34. The number of rotatable bonds is 13. The molecule has 0 heterocycles. The van der Waals surface area contributed by atoms with E-state index in [1.54, 1.807) is 0 Å². The first-order valence-corrected chi connectivity index (χ1v) is 9.12. The van der Waals surface area contributed by atoms with Crippen LogP contribution in [0.15, 0.2) is 0 Å². The molecule has 0 rings (SSSR count). The first-order valence-electron chi connectivity index (χ1n) is 8.00. The van der Waals surface area contributed by atoms with Gasteiger partial charge in [-0.1, -0.05) is 59.3 Å². The van der Waals surface area contributed by atoms with Crippen molar-refractivity contribution in [3.63, 3.8) is 0 Å². The van der Waals surface area contributed by atoms with E-state index >= 15 is 0 Å². The lowest BCUT2D eigenvalue weighted by atomic mass is 9.72. The number of unbranched alkanes of at least 4 members (excludes halogenated alkanes) is 3. The van der Waals surface area contributed by atoms with Crippen LogP contribution in [0.3, 0.4) is 0 Å². The smallest absolute Gasteiger partial charge is 0.0394 e. The molecule has 1 atom stereocenters. The van der Waals surface area contributed by atoms with Crippen molar-refractivity contribution in [2.75, 3.05) is 13.3 Å². The summed E-state index contributed by atoms with van der Waals surface area (Å²) in [6, 6.07) is 0. The fraction of sp³-hybridized carbons (Fsp3) is 1.00. The van der Waals surface area contributed by atoms with E-state index in [1.165, 1.54) is 70.4 Å². The van der Waals surface area contributed by atoms with Gasteiger partial charge in [0.15, 0.2) is 0 Å². The standard InChI is InChI=1S/C16H35OP/c1-5-8-11-16(12-9-6-2,13-10-7-3)14-15-18-17-4/h18H,5-15H2,1-4H3. The molecule has 0 aliphatic heterocycles. The summed E-state index contributed by atoms with van der Waals surface area (Å²) in [4.78, 5) is 0. The van der Waals surface area contributed by atoms with E-state index in [9.17, 15) is 0 Å². The predicted octanol–water partition coefficient (Wildman–Crippen LogP) is 6.17. The van der Waals surface area contributed by atoms with Crippen LogP contribution in [0.4, 0.5) is 0 Å². The van der Waals surface area contributed by atoms with E-state index in [4.69, 9.17) is 4.52 Å². The summed E-state index contributed by atoms with van der Waals surface area (Å²) in [5, 5.41) is 0. The van der Waals surface area contributed by atoms with Crippen LogP contribution in [-0.2, 0) is 4.52 Å². The summed E-state index contributed by atoms with van der Waals surface area (Å²) >= 11 is 0. The molecule has 110 valence electrons. The van der Waals surface area contributed by atoms with Gasteiger partial charge >= 0.3 is 0 Å². The van der Waals surface area contributed by atoms with Crippen LogP contribution < -0.4 is 0 Å². The van der Waals surface area contributed by atoms with Crippen LogP contribution >= 0.6 is 8.81 Å². The number of hydrogen-bond donors (Lipinski definition) is 0. The van der Waals surface area contributed by atoms with E-state index in [2.05, 4.69) is 20.8 Å². The van der Waals surface area contributed by atoms with Crippen LogP contribution in [-0.4, -0.2) is 13.3 Å². The zero-order chi connectivity index (χ0) is 13.7. The van der Waals surface area contributed by atoms with Gasteiger partial charge in [-0.2, -0.15) is 0 Å². The normalized spacial score (nSPS) is 12.7. The van der Waals surface area contributed by atoms with Crippen molar-refractivity contribution in [3.05, 3.63) is 0 Å². The molecule has 0 N–H and O–H groups in total. The molecule has 0 aliphatic carbocycles. The Labute approximate surface area is 117 Å². The topological polar surface area (TPSA) is 9.23 Å². The van der Waals surface area contributed by atoms with Crippen molar-refractivity contribution < 1.29 is 4.52 Å². The third-order valence-corrected chi connectivity index (χ3v) is 4.83. The molecule has 0 bridgehead atoms. The monoisotopic (exact) mass is 274 g/mol. The van der Waals surface area contributed by atoms with Gasteiger partial charge < -0.3 is 4.52 Å². The Hall–Kier alpha value is 0.390. The van der Waals surface area contributed by atoms with Crippen LogP contribution in [0, 0.1) is 5.41 Å². The van der Waals surface area contributed by atoms with Crippen LogP contribution in [0.25, 0.3) is 0 Å². The maximum atomic E-state index is 5.28. The van der Waals surface area contributed by atoms with Gasteiger partial charge in [0.05, 0.1) is 0 Å². The van der Waals surface area contributed by atoms with Crippen LogP contribution in [0.1, 0.15) is 85.0 Å². The van der Waals surface area contributed by atoms with Crippen molar-refractivity contribution in [3.8, 4) is 0 Å². The highest BCUT2D eigenvalue weighted by atomic mass is 31.1. The molecule has 0 saturated carbocycles. The summed E-state index contributed by atoms with van der Waals surface area (Å²) in [6.07, 6.45) is 15.2. The van der Waals surface area contributed by atoms with E-state index < -0.39 is 0 Å². The summed E-state index contributed by atoms with van der Waals surface area (Å²) in [5.41, 5.74) is 0.632. The highest BCUT2D eigenvalue weighted by Crippen LogP contribution is 2.41. The van der Waals surface area contributed by atoms with Crippen molar-refractivity contribution in [1.82, 2.24) is 0 Å². The fourth-order valence-corrected chi connectivity index (χ4v) is 3.66. The SMILES string of the molecule is CCCCC(CCCC)(CCCC)CCPOC. The Kier molecular flexibility index (Phi) is 12.7. The highest BCUT2D eigenvalue weighted by Gasteiger charge is 2.27. The molecule has 1 nitrogen and oxygen atoms in total. The van der Waals surface area contributed by atoms with Crippen molar-refractivity contribution in [2.45, 2.75) is 85.0 Å². The van der Waals surface area contributed by atoms with E-state index in [0.717, 1.165) is 0 Å². The van der Waals surface area contributed by atoms with E-state index in [-0.39, 0.29) is 0 Å². The predicted molar refractivity (Wildman–Crippen MR) is 85.8 cm³/mol. The minimum absolute atomic E-state index is 0.632. The Morgan fingerprint density at radius 2 is 1.22 bits per heavy atom. The first-order chi connectivity index (χ1) is 8.74. The minimum Gasteiger partial charge on any atom is -0.366 e. The quantitative estimate of drug-likeness (QED) is 0.288. The van der Waals surface area contributed by atoms with Crippen LogP contribution in [0.5, 0.6) is 0 Å². The minimum atomic E-state index is 0.632. The Balaban J connectivity index is 4.41. The Morgan fingerprint density at radius 1 is 0.778 bits per heavy atom. The Bertz CT molecular complexity index is 149. The van der Waals surface area contributed by atoms with Crippen molar-refractivity contribution in [1.29, 1.82) is 0 Å². The van der Waals surface area contributed by atoms with Gasteiger partial charge in [0.2, 0.25) is 0 Å². The van der Waals surface area contributed by atoms with Gasteiger partial charge in [-0.05, 0) is 37.3 Å². The molecule has 0 saturated heterocycles. The molecule has 0 aliphatic rings. The second-order valence-corrected chi connectivity index (χ2v) is 6.86. The molecular formula is C16H35OP. The molecule has 0 aromatic heterocycles. The molecule has 1 unspecified atom stereocenters. The van der Waals surface area contributed by atoms with Crippen molar-refractivity contribution in [2.24, 2.45) is 5.41 Å². The van der Waals surface area contributed by atoms with Gasteiger partial charge in [-0.3, -0.25) is 0 Å². The first kappa shape index (κ1) is 18.4. The number of hydrogen-bond acceptors (Lipinski definition) is 1. The Morgan fingerprint density at radius 3 is 1.56 bits per heavy atom. The van der Waals surface area contributed by atoms with Gasteiger partial charge in [-0.15, -0.1) is 0 Å². The van der Waals surface area contributed by atoms with E-state index in [1.807, 2.05) is 7.11 Å². The maximum Gasteiger partial charge on any atom is 0.0394 e. The zero-order valence-electron chi connectivity index (χ0n) is 13.2. The molecule has 0 aromatic carbocycles. The highest BCUT2D eigenvalue weighted by molar-refractivity contribution is 7.32. The lowest BCUT2D eigenvalue weighted by molar-refractivity contribution is 0.192. The zero-order valence-corrected chi connectivity index (χ0v) is 14.2. The maximum absolute atomic E-state index is 5.28. The van der Waals surface area contributed by atoms with Crippen molar-refractivity contribution >= 4 is 8.81 Å². The lowest BCUT2D eigenvalue weighted by Crippen LogP contribution is -2.22. The second kappa shape index (κ2) is 12.4.